The molecule has 0 aromatic rings. The summed E-state index contributed by atoms with van der Waals surface area (Å²) in [4.78, 5) is 0. The van der Waals surface area contributed by atoms with Crippen LogP contribution in [0.15, 0.2) is 23.2 Å². The Bertz CT molecular complexity index is 215. The molecule has 0 unspecified atom stereocenters. The zero-order valence-electron chi connectivity index (χ0n) is 12.0. The summed E-state index contributed by atoms with van der Waals surface area (Å²) < 4.78 is 10.4. The van der Waals surface area contributed by atoms with Crippen molar-refractivity contribution in [3.63, 3.8) is 0 Å². The van der Waals surface area contributed by atoms with Gasteiger partial charge in [-0.2, -0.15) is 0 Å². The Balaban J connectivity index is 0. The Morgan fingerprint density at radius 1 is 1.19 bits per heavy atom. The van der Waals surface area contributed by atoms with Crippen LogP contribution in [0.5, 0.6) is 0 Å². The van der Waals surface area contributed by atoms with Crippen LogP contribution in [-0.4, -0.2) is 6.79 Å². The van der Waals surface area contributed by atoms with E-state index >= 15 is 0 Å². The molecule has 2 heteroatoms. The minimum atomic E-state index is 0.389. The van der Waals surface area contributed by atoms with Gasteiger partial charge in [0.05, 0.1) is 0 Å². The molecule has 96 valence electrons. The molecule has 0 radical (unpaired) electrons. The van der Waals surface area contributed by atoms with E-state index in [1.807, 2.05) is 34.6 Å². The summed E-state index contributed by atoms with van der Waals surface area (Å²) in [5.74, 6) is 1.90. The summed E-state index contributed by atoms with van der Waals surface area (Å²) in [5.41, 5.74) is 1.39. The minimum Gasteiger partial charge on any atom is -0.459 e. The summed E-state index contributed by atoms with van der Waals surface area (Å²) in [5, 5.41) is 0. The quantitative estimate of drug-likeness (QED) is 0.631. The second-order valence-electron chi connectivity index (χ2n) is 2.99. The second-order valence-corrected chi connectivity index (χ2v) is 2.99. The third-order valence-electron chi connectivity index (χ3n) is 2.09. The number of rotatable bonds is 3. The van der Waals surface area contributed by atoms with E-state index in [1.165, 1.54) is 5.57 Å². The number of allylic oxidation sites excluding steroid dienone is 3. The van der Waals surface area contributed by atoms with Crippen LogP contribution in [0.1, 0.15) is 61.3 Å². The maximum Gasteiger partial charge on any atom is 0.230 e. The average molecular weight is 228 g/mol. The van der Waals surface area contributed by atoms with Crippen molar-refractivity contribution < 1.29 is 9.47 Å². The third kappa shape index (κ3) is 7.38. The molecule has 1 aliphatic heterocycles. The Labute approximate surface area is 101 Å². The molecule has 1 heterocycles. The number of ether oxygens (including phenoxy) is 2. The van der Waals surface area contributed by atoms with Gasteiger partial charge in [0.25, 0.3) is 0 Å². The smallest absolute Gasteiger partial charge is 0.230 e. The fraction of sp³-hybridized carbons (Fsp3) is 0.714. The van der Waals surface area contributed by atoms with Crippen LogP contribution in [0.3, 0.4) is 0 Å². The normalized spacial score (nSPS) is 14.1. The van der Waals surface area contributed by atoms with Crippen molar-refractivity contribution in [2.24, 2.45) is 0 Å². The fourth-order valence-corrected chi connectivity index (χ4v) is 0.985. The molecule has 0 fully saturated rings. The molecule has 0 saturated heterocycles. The number of hydrogen-bond acceptors (Lipinski definition) is 2. The average Bonchev–Trinajstić information content (AvgIpc) is 2.77. The Hall–Kier alpha value is -0.920. The largest absolute Gasteiger partial charge is 0.459 e. The summed E-state index contributed by atoms with van der Waals surface area (Å²) in [6, 6.07) is 0. The van der Waals surface area contributed by atoms with Gasteiger partial charge < -0.3 is 9.47 Å². The zero-order chi connectivity index (χ0) is 13.0. The van der Waals surface area contributed by atoms with Gasteiger partial charge in [0.1, 0.15) is 11.5 Å². The van der Waals surface area contributed by atoms with Gasteiger partial charge in [-0.1, -0.05) is 46.3 Å². The number of hydrogen-bond donors (Lipinski definition) is 0. The standard InChI is InChI=1S/C10H16O2.2C2H6/c1-4-8(2)5-6-10-9(3)11-7-12-10;2*1-2/h5H,4,6-7H2,1-3H3;2*1-2H3/b8-5+;;. The zero-order valence-corrected chi connectivity index (χ0v) is 12.0. The van der Waals surface area contributed by atoms with Gasteiger partial charge in [-0.05, 0) is 20.3 Å². The molecule has 0 amide bonds. The van der Waals surface area contributed by atoms with Gasteiger partial charge in [-0.3, -0.25) is 0 Å². The molecule has 0 atom stereocenters. The monoisotopic (exact) mass is 228 g/mol. The highest BCUT2D eigenvalue weighted by Gasteiger charge is 2.10. The van der Waals surface area contributed by atoms with Crippen LogP contribution < -0.4 is 0 Å². The molecule has 1 rings (SSSR count). The Morgan fingerprint density at radius 3 is 2.12 bits per heavy atom. The van der Waals surface area contributed by atoms with E-state index in [0.717, 1.165) is 24.4 Å². The van der Waals surface area contributed by atoms with E-state index in [2.05, 4.69) is 19.9 Å². The molecule has 0 aromatic carbocycles. The van der Waals surface area contributed by atoms with Crippen LogP contribution in [-0.2, 0) is 9.47 Å². The van der Waals surface area contributed by atoms with Gasteiger partial charge in [0.2, 0.25) is 6.79 Å². The SMILES string of the molecule is CC.CC.CC/C(C)=C/CC1=C(C)OCO1. The summed E-state index contributed by atoms with van der Waals surface area (Å²) in [7, 11) is 0. The highest BCUT2D eigenvalue weighted by Crippen LogP contribution is 2.19. The van der Waals surface area contributed by atoms with Crippen LogP contribution >= 0.6 is 0 Å². The van der Waals surface area contributed by atoms with Crippen molar-refractivity contribution in [3.05, 3.63) is 23.2 Å². The van der Waals surface area contributed by atoms with Crippen molar-refractivity contribution in [2.75, 3.05) is 6.79 Å². The van der Waals surface area contributed by atoms with Crippen molar-refractivity contribution in [2.45, 2.75) is 61.3 Å². The summed E-state index contributed by atoms with van der Waals surface area (Å²) in [6.45, 7) is 14.6. The van der Waals surface area contributed by atoms with Crippen LogP contribution in [0.25, 0.3) is 0 Å². The second kappa shape index (κ2) is 12.2. The van der Waals surface area contributed by atoms with Gasteiger partial charge in [-0.15, -0.1) is 0 Å². The lowest BCUT2D eigenvalue weighted by molar-refractivity contribution is 0.0707. The van der Waals surface area contributed by atoms with E-state index in [1.54, 1.807) is 0 Å². The first kappa shape index (κ1) is 17.5. The summed E-state index contributed by atoms with van der Waals surface area (Å²) >= 11 is 0. The van der Waals surface area contributed by atoms with E-state index in [-0.39, 0.29) is 0 Å². The lowest BCUT2D eigenvalue weighted by atomic mass is 10.2. The van der Waals surface area contributed by atoms with E-state index in [9.17, 15) is 0 Å². The highest BCUT2D eigenvalue weighted by molar-refractivity contribution is 5.09. The maximum absolute atomic E-state index is 5.27. The van der Waals surface area contributed by atoms with E-state index in [4.69, 9.17) is 9.47 Å². The van der Waals surface area contributed by atoms with Crippen molar-refractivity contribution in [1.29, 1.82) is 0 Å². The van der Waals surface area contributed by atoms with E-state index in [0.29, 0.717) is 6.79 Å². The predicted octanol–water partition coefficient (Wildman–Crippen LogP) is 5.02. The van der Waals surface area contributed by atoms with Crippen molar-refractivity contribution in [3.8, 4) is 0 Å². The first-order chi connectivity index (χ1) is 7.74. The molecule has 16 heavy (non-hydrogen) atoms. The predicted molar refractivity (Wildman–Crippen MR) is 71.1 cm³/mol. The van der Waals surface area contributed by atoms with Gasteiger partial charge in [-0.25, -0.2) is 0 Å². The lowest BCUT2D eigenvalue weighted by Crippen LogP contribution is -1.84. The van der Waals surface area contributed by atoms with Gasteiger partial charge >= 0.3 is 0 Å². The van der Waals surface area contributed by atoms with Crippen LogP contribution in [0.4, 0.5) is 0 Å². The molecule has 0 bridgehead atoms. The molecule has 0 aromatic heterocycles. The first-order valence-electron chi connectivity index (χ1n) is 6.35. The van der Waals surface area contributed by atoms with E-state index < -0.39 is 0 Å². The molecule has 0 spiro atoms. The summed E-state index contributed by atoms with van der Waals surface area (Å²) in [6.07, 6.45) is 4.16. The molecular weight excluding hydrogens is 200 g/mol. The highest BCUT2D eigenvalue weighted by atomic mass is 16.7. The molecule has 1 aliphatic rings. The third-order valence-corrected chi connectivity index (χ3v) is 2.09. The molecule has 0 aliphatic carbocycles. The minimum absolute atomic E-state index is 0.389. The maximum atomic E-state index is 5.27. The topological polar surface area (TPSA) is 18.5 Å². The Kier molecular flexibility index (Phi) is 13.3. The van der Waals surface area contributed by atoms with Gasteiger partial charge in [0.15, 0.2) is 0 Å². The molecule has 0 saturated carbocycles. The van der Waals surface area contributed by atoms with Crippen LogP contribution in [0, 0.1) is 0 Å². The molecule has 0 N–H and O–H groups in total. The van der Waals surface area contributed by atoms with Crippen molar-refractivity contribution in [1.82, 2.24) is 0 Å². The van der Waals surface area contributed by atoms with Crippen molar-refractivity contribution >= 4 is 0 Å². The van der Waals surface area contributed by atoms with Gasteiger partial charge in [0, 0.05) is 6.42 Å². The first-order valence-corrected chi connectivity index (χ1v) is 6.35. The molecular formula is C14H28O2. The Morgan fingerprint density at radius 2 is 1.75 bits per heavy atom. The lowest BCUT2D eigenvalue weighted by Gasteiger charge is -1.98. The van der Waals surface area contributed by atoms with Crippen LogP contribution in [0.2, 0.25) is 0 Å². The molecule has 2 nitrogen and oxygen atoms in total. The fourth-order valence-electron chi connectivity index (χ4n) is 0.985.